The van der Waals surface area contributed by atoms with Crippen molar-refractivity contribution < 1.29 is 9.84 Å². The molecule has 3 rings (SSSR count). The lowest BCUT2D eigenvalue weighted by molar-refractivity contribution is 0.297. The molecule has 4 nitrogen and oxygen atoms in total. The molecule has 1 fully saturated rings. The van der Waals surface area contributed by atoms with Crippen LogP contribution in [0.5, 0.6) is 5.75 Å². The number of anilines is 1. The highest BCUT2D eigenvalue weighted by molar-refractivity contribution is 5.96. The Morgan fingerprint density at radius 3 is 2.76 bits per heavy atom. The Hall–Kier alpha value is -1.81. The number of hydrogen-bond acceptors (Lipinski definition) is 4. The zero-order valence-corrected chi connectivity index (χ0v) is 12.5. The van der Waals surface area contributed by atoms with E-state index in [1.807, 2.05) is 24.4 Å². The molecule has 1 heterocycles. The Morgan fingerprint density at radius 2 is 2.05 bits per heavy atom. The van der Waals surface area contributed by atoms with Crippen molar-refractivity contribution in [2.45, 2.75) is 31.7 Å². The molecule has 112 valence electrons. The van der Waals surface area contributed by atoms with E-state index < -0.39 is 0 Å². The molecule has 0 radical (unpaired) electrons. The van der Waals surface area contributed by atoms with Gasteiger partial charge in [0.05, 0.1) is 13.7 Å². The predicted molar refractivity (Wildman–Crippen MR) is 85.0 cm³/mol. The van der Waals surface area contributed by atoms with E-state index >= 15 is 0 Å². The van der Waals surface area contributed by atoms with E-state index in [4.69, 9.17) is 4.74 Å². The van der Waals surface area contributed by atoms with Crippen LogP contribution >= 0.6 is 0 Å². The van der Waals surface area contributed by atoms with Crippen molar-refractivity contribution in [1.29, 1.82) is 0 Å². The van der Waals surface area contributed by atoms with Crippen LogP contribution in [0.25, 0.3) is 10.8 Å². The Labute approximate surface area is 125 Å². The minimum Gasteiger partial charge on any atom is -0.496 e. The minimum atomic E-state index is 0.151. The number of hydrogen-bond donors (Lipinski definition) is 1. The molecule has 0 atom stereocenters. The monoisotopic (exact) mass is 286 g/mol. The highest BCUT2D eigenvalue weighted by atomic mass is 16.5. The summed E-state index contributed by atoms with van der Waals surface area (Å²) in [5.74, 6) is 1.83. The lowest BCUT2D eigenvalue weighted by Crippen LogP contribution is -2.36. The van der Waals surface area contributed by atoms with Crippen molar-refractivity contribution in [2.75, 3.05) is 25.2 Å². The van der Waals surface area contributed by atoms with E-state index in [-0.39, 0.29) is 6.61 Å². The molecule has 0 spiro atoms. The summed E-state index contributed by atoms with van der Waals surface area (Å²) in [4.78, 5) is 6.88. The van der Waals surface area contributed by atoms with Gasteiger partial charge in [-0.1, -0.05) is 25.0 Å². The van der Waals surface area contributed by atoms with Gasteiger partial charge in [0.1, 0.15) is 11.6 Å². The van der Waals surface area contributed by atoms with Crippen molar-refractivity contribution in [3.05, 3.63) is 30.5 Å². The van der Waals surface area contributed by atoms with Gasteiger partial charge in [-0.3, -0.25) is 0 Å². The second-order valence-corrected chi connectivity index (χ2v) is 5.55. The van der Waals surface area contributed by atoms with E-state index in [2.05, 4.69) is 16.0 Å². The SMILES string of the molecule is COc1cccc2c(N(CCO)C3CCCC3)nccc12. The van der Waals surface area contributed by atoms with Crippen LogP contribution in [0, 0.1) is 0 Å². The lowest BCUT2D eigenvalue weighted by atomic mass is 10.1. The molecule has 2 aromatic rings. The van der Waals surface area contributed by atoms with Crippen LogP contribution in [-0.2, 0) is 0 Å². The van der Waals surface area contributed by atoms with Gasteiger partial charge in [0.25, 0.3) is 0 Å². The normalized spacial score (nSPS) is 15.5. The van der Waals surface area contributed by atoms with Crippen LogP contribution in [0.15, 0.2) is 30.5 Å². The van der Waals surface area contributed by atoms with Gasteiger partial charge in [-0.25, -0.2) is 4.98 Å². The summed E-state index contributed by atoms with van der Waals surface area (Å²) < 4.78 is 5.45. The molecule has 1 aromatic heterocycles. The van der Waals surface area contributed by atoms with Gasteiger partial charge < -0.3 is 14.7 Å². The number of aliphatic hydroxyl groups is 1. The molecule has 1 aliphatic rings. The van der Waals surface area contributed by atoms with Gasteiger partial charge in [0, 0.05) is 29.6 Å². The molecule has 21 heavy (non-hydrogen) atoms. The second kappa shape index (κ2) is 6.31. The van der Waals surface area contributed by atoms with E-state index in [0.717, 1.165) is 22.3 Å². The Morgan fingerprint density at radius 1 is 1.24 bits per heavy atom. The molecule has 0 amide bonds. The molecule has 4 heteroatoms. The molecule has 1 aliphatic carbocycles. The molecule has 0 bridgehead atoms. The zero-order valence-electron chi connectivity index (χ0n) is 12.5. The van der Waals surface area contributed by atoms with Crippen molar-refractivity contribution in [3.8, 4) is 5.75 Å². The van der Waals surface area contributed by atoms with Gasteiger partial charge >= 0.3 is 0 Å². The first kappa shape index (κ1) is 14.1. The molecule has 0 unspecified atom stereocenters. The first-order valence-corrected chi connectivity index (χ1v) is 7.64. The van der Waals surface area contributed by atoms with Crippen molar-refractivity contribution >= 4 is 16.6 Å². The number of aliphatic hydroxyl groups excluding tert-OH is 1. The summed E-state index contributed by atoms with van der Waals surface area (Å²) in [6.07, 6.45) is 6.73. The summed E-state index contributed by atoms with van der Waals surface area (Å²) in [6, 6.07) is 8.53. The smallest absolute Gasteiger partial charge is 0.136 e. The number of fused-ring (bicyclic) bond motifs is 1. The fraction of sp³-hybridized carbons (Fsp3) is 0.471. The van der Waals surface area contributed by atoms with Crippen molar-refractivity contribution in [3.63, 3.8) is 0 Å². The van der Waals surface area contributed by atoms with Crippen LogP contribution in [0.3, 0.4) is 0 Å². The first-order chi connectivity index (χ1) is 10.3. The molecule has 0 saturated heterocycles. The fourth-order valence-electron chi connectivity index (χ4n) is 3.35. The van der Waals surface area contributed by atoms with Gasteiger partial charge in [0.15, 0.2) is 0 Å². The Balaban J connectivity index is 2.08. The van der Waals surface area contributed by atoms with Gasteiger partial charge in [-0.15, -0.1) is 0 Å². The minimum absolute atomic E-state index is 0.151. The van der Waals surface area contributed by atoms with E-state index in [9.17, 15) is 5.11 Å². The average Bonchev–Trinajstić information content (AvgIpc) is 3.05. The van der Waals surface area contributed by atoms with Gasteiger partial charge in [-0.05, 0) is 25.0 Å². The number of rotatable bonds is 5. The maximum absolute atomic E-state index is 9.44. The van der Waals surface area contributed by atoms with E-state index in [1.54, 1.807) is 7.11 Å². The molecule has 0 aliphatic heterocycles. The number of methoxy groups -OCH3 is 1. The molecular weight excluding hydrogens is 264 g/mol. The quantitative estimate of drug-likeness (QED) is 0.918. The van der Waals surface area contributed by atoms with E-state index in [1.165, 1.54) is 25.7 Å². The van der Waals surface area contributed by atoms with Crippen molar-refractivity contribution in [2.24, 2.45) is 0 Å². The summed E-state index contributed by atoms with van der Waals surface area (Å²) in [5, 5.41) is 11.6. The van der Waals surface area contributed by atoms with Crippen LogP contribution in [-0.4, -0.2) is 36.4 Å². The highest BCUT2D eigenvalue weighted by Gasteiger charge is 2.24. The summed E-state index contributed by atoms with van der Waals surface area (Å²) in [6.45, 7) is 0.784. The predicted octanol–water partition coefficient (Wildman–Crippen LogP) is 2.98. The zero-order chi connectivity index (χ0) is 14.7. The number of ether oxygens (including phenoxy) is 1. The van der Waals surface area contributed by atoms with Gasteiger partial charge in [-0.2, -0.15) is 0 Å². The molecule has 1 N–H and O–H groups in total. The summed E-state index contributed by atoms with van der Waals surface area (Å²) in [7, 11) is 1.69. The third kappa shape index (κ3) is 2.68. The Bertz CT molecular complexity index is 609. The van der Waals surface area contributed by atoms with Crippen molar-refractivity contribution in [1.82, 2.24) is 4.98 Å². The third-order valence-corrected chi connectivity index (χ3v) is 4.34. The number of aromatic nitrogens is 1. The third-order valence-electron chi connectivity index (χ3n) is 4.34. The first-order valence-electron chi connectivity index (χ1n) is 7.64. The molecule has 1 saturated carbocycles. The van der Waals surface area contributed by atoms with Crippen LogP contribution < -0.4 is 9.64 Å². The summed E-state index contributed by atoms with van der Waals surface area (Å²) >= 11 is 0. The number of nitrogens with zero attached hydrogens (tertiary/aromatic N) is 2. The Kier molecular flexibility index (Phi) is 4.25. The number of pyridine rings is 1. The lowest BCUT2D eigenvalue weighted by Gasteiger charge is -2.30. The highest BCUT2D eigenvalue weighted by Crippen LogP contribution is 2.34. The second-order valence-electron chi connectivity index (χ2n) is 5.55. The molecular formula is C17H22N2O2. The van der Waals surface area contributed by atoms with Gasteiger partial charge in [0.2, 0.25) is 0 Å². The number of benzene rings is 1. The average molecular weight is 286 g/mol. The maximum atomic E-state index is 9.44. The van der Waals surface area contributed by atoms with Crippen LogP contribution in [0.2, 0.25) is 0 Å². The fourth-order valence-corrected chi connectivity index (χ4v) is 3.35. The maximum Gasteiger partial charge on any atom is 0.136 e. The van der Waals surface area contributed by atoms with Crippen LogP contribution in [0.1, 0.15) is 25.7 Å². The largest absolute Gasteiger partial charge is 0.496 e. The van der Waals surface area contributed by atoms with E-state index in [0.29, 0.717) is 12.6 Å². The summed E-state index contributed by atoms with van der Waals surface area (Å²) in [5.41, 5.74) is 0. The topological polar surface area (TPSA) is 45.6 Å². The standard InChI is InChI=1S/C17H22N2O2/c1-21-16-8-4-7-15-14(16)9-10-18-17(15)19(11-12-20)13-5-2-3-6-13/h4,7-10,13,20H,2-3,5-6,11-12H2,1H3. The molecule has 1 aromatic carbocycles. The van der Waals surface area contributed by atoms with Crippen LogP contribution in [0.4, 0.5) is 5.82 Å².